The lowest BCUT2D eigenvalue weighted by atomic mass is 10.1. The number of amides is 2. The zero-order valence-electron chi connectivity index (χ0n) is 19.0. The van der Waals surface area contributed by atoms with E-state index in [0.29, 0.717) is 33.3 Å². The third-order valence-corrected chi connectivity index (χ3v) is 6.03. The maximum Gasteiger partial charge on any atom is 0.259 e. The van der Waals surface area contributed by atoms with Crippen molar-refractivity contribution in [3.63, 3.8) is 0 Å². The van der Waals surface area contributed by atoms with Crippen LogP contribution >= 0.6 is 11.6 Å². The highest BCUT2D eigenvalue weighted by Crippen LogP contribution is 2.29. The maximum absolute atomic E-state index is 13.4. The molecule has 2 N–H and O–H groups in total. The van der Waals surface area contributed by atoms with Crippen molar-refractivity contribution in [2.45, 2.75) is 18.9 Å². The van der Waals surface area contributed by atoms with E-state index < -0.39 is 0 Å². The van der Waals surface area contributed by atoms with Crippen LogP contribution in [0, 0.1) is 0 Å². The van der Waals surface area contributed by atoms with E-state index in [1.165, 1.54) is 0 Å². The maximum atomic E-state index is 13.4. The summed E-state index contributed by atoms with van der Waals surface area (Å²) in [6.45, 7) is 0. The van der Waals surface area contributed by atoms with Crippen LogP contribution in [0.15, 0.2) is 79.0 Å². The fraction of sp³-hybridized carbons (Fsp3) is 0.148. The van der Waals surface area contributed by atoms with Crippen molar-refractivity contribution in [1.82, 2.24) is 15.1 Å². The molecule has 3 aromatic carbocycles. The van der Waals surface area contributed by atoms with Gasteiger partial charge in [-0.25, -0.2) is 4.68 Å². The molecule has 8 heteroatoms. The second kappa shape index (κ2) is 9.64. The molecule has 1 heterocycles. The average Bonchev–Trinajstić information content (AvgIpc) is 3.58. The predicted octanol–water partition coefficient (Wildman–Crippen LogP) is 5.35. The van der Waals surface area contributed by atoms with Crippen LogP contribution < -0.4 is 15.4 Å². The largest absolute Gasteiger partial charge is 0.497 e. The van der Waals surface area contributed by atoms with Gasteiger partial charge in [-0.15, -0.1) is 0 Å². The zero-order chi connectivity index (χ0) is 24.4. The molecule has 1 saturated carbocycles. The van der Waals surface area contributed by atoms with E-state index >= 15 is 0 Å². The van der Waals surface area contributed by atoms with E-state index in [1.54, 1.807) is 36.2 Å². The minimum atomic E-state index is -0.360. The first-order chi connectivity index (χ1) is 17.0. The number of carbonyl (C=O) groups excluding carboxylic acids is 2. The summed E-state index contributed by atoms with van der Waals surface area (Å²) in [6.07, 6.45) is 3.63. The smallest absolute Gasteiger partial charge is 0.259 e. The van der Waals surface area contributed by atoms with Crippen LogP contribution in [0.4, 0.5) is 5.69 Å². The molecule has 0 aliphatic heterocycles. The zero-order valence-corrected chi connectivity index (χ0v) is 19.8. The summed E-state index contributed by atoms with van der Waals surface area (Å²) in [5.74, 6) is 0.0515. The van der Waals surface area contributed by atoms with E-state index in [0.717, 1.165) is 24.1 Å². The molecule has 1 aliphatic rings. The minimum Gasteiger partial charge on any atom is -0.497 e. The lowest BCUT2D eigenvalue weighted by molar-refractivity contribution is 0.0949. The highest BCUT2D eigenvalue weighted by atomic mass is 35.5. The van der Waals surface area contributed by atoms with Crippen molar-refractivity contribution in [1.29, 1.82) is 0 Å². The number of nitrogens with one attached hydrogen (secondary N) is 2. The van der Waals surface area contributed by atoms with Gasteiger partial charge in [-0.2, -0.15) is 5.10 Å². The van der Waals surface area contributed by atoms with Crippen molar-refractivity contribution < 1.29 is 14.3 Å². The van der Waals surface area contributed by atoms with Crippen LogP contribution in [-0.2, 0) is 0 Å². The summed E-state index contributed by atoms with van der Waals surface area (Å²) in [5, 5.41) is 10.8. The Morgan fingerprint density at radius 3 is 2.51 bits per heavy atom. The first-order valence-corrected chi connectivity index (χ1v) is 11.6. The van der Waals surface area contributed by atoms with Gasteiger partial charge in [0.05, 0.1) is 28.9 Å². The molecule has 0 spiro atoms. The summed E-state index contributed by atoms with van der Waals surface area (Å²) in [7, 11) is 1.59. The van der Waals surface area contributed by atoms with Crippen LogP contribution in [0.3, 0.4) is 0 Å². The molecule has 1 aromatic heterocycles. The second-order valence-electron chi connectivity index (χ2n) is 8.30. The third kappa shape index (κ3) is 5.05. The number of benzene rings is 3. The number of rotatable bonds is 7. The van der Waals surface area contributed by atoms with Crippen LogP contribution in [0.1, 0.15) is 33.6 Å². The summed E-state index contributed by atoms with van der Waals surface area (Å²) < 4.78 is 7.02. The Labute approximate surface area is 207 Å². The molecule has 1 fully saturated rings. The SMILES string of the molecule is COc1cccc(-c2nn(-c3ccccc3)cc2C(=O)Nc2ccc(Cl)c(C(=O)NC3CC3)c2)c1. The molecule has 5 rings (SSSR count). The summed E-state index contributed by atoms with van der Waals surface area (Å²) in [4.78, 5) is 26.0. The fourth-order valence-corrected chi connectivity index (χ4v) is 3.91. The third-order valence-electron chi connectivity index (χ3n) is 5.70. The Kier molecular flexibility index (Phi) is 6.25. The molecule has 0 atom stereocenters. The number of para-hydroxylation sites is 1. The van der Waals surface area contributed by atoms with Crippen LogP contribution in [0.25, 0.3) is 16.9 Å². The first-order valence-electron chi connectivity index (χ1n) is 11.2. The summed E-state index contributed by atoms with van der Waals surface area (Å²) in [6, 6.07) is 22.0. The molecule has 4 aromatic rings. The summed E-state index contributed by atoms with van der Waals surface area (Å²) >= 11 is 6.25. The number of aromatic nitrogens is 2. The number of carbonyl (C=O) groups is 2. The number of nitrogens with zero attached hydrogens (tertiary/aromatic N) is 2. The number of ether oxygens (including phenoxy) is 1. The summed E-state index contributed by atoms with van der Waals surface area (Å²) in [5.41, 5.74) is 3.23. The van der Waals surface area contributed by atoms with Gasteiger partial charge in [-0.05, 0) is 55.3 Å². The fourth-order valence-electron chi connectivity index (χ4n) is 3.70. The highest BCUT2D eigenvalue weighted by Gasteiger charge is 2.25. The molecule has 0 radical (unpaired) electrons. The molecule has 176 valence electrons. The van der Waals surface area contributed by atoms with Crippen molar-refractivity contribution in [3.8, 4) is 22.7 Å². The molecule has 0 bridgehead atoms. The van der Waals surface area contributed by atoms with Crippen molar-refractivity contribution in [3.05, 3.63) is 95.1 Å². The number of hydrogen-bond acceptors (Lipinski definition) is 4. The van der Waals surface area contributed by atoms with Gasteiger partial charge in [-0.3, -0.25) is 9.59 Å². The quantitative estimate of drug-likeness (QED) is 0.369. The Balaban J connectivity index is 1.49. The van der Waals surface area contributed by atoms with Crippen molar-refractivity contribution in [2.75, 3.05) is 12.4 Å². The van der Waals surface area contributed by atoms with Gasteiger partial charge in [0.15, 0.2) is 0 Å². The number of halogens is 1. The number of methoxy groups -OCH3 is 1. The van der Waals surface area contributed by atoms with E-state index in [1.807, 2.05) is 54.6 Å². The molecule has 35 heavy (non-hydrogen) atoms. The molecule has 7 nitrogen and oxygen atoms in total. The van der Waals surface area contributed by atoms with Crippen molar-refractivity contribution in [2.24, 2.45) is 0 Å². The Morgan fingerprint density at radius 2 is 1.77 bits per heavy atom. The van der Waals surface area contributed by atoms with Gasteiger partial charge >= 0.3 is 0 Å². The van der Waals surface area contributed by atoms with Crippen LogP contribution in [0.5, 0.6) is 5.75 Å². The van der Waals surface area contributed by atoms with Gasteiger partial charge in [0.25, 0.3) is 11.8 Å². The van der Waals surface area contributed by atoms with E-state index in [-0.39, 0.29) is 17.9 Å². The molecular weight excluding hydrogens is 464 g/mol. The lowest BCUT2D eigenvalue weighted by Gasteiger charge is -2.10. The number of hydrogen-bond donors (Lipinski definition) is 2. The monoisotopic (exact) mass is 486 g/mol. The van der Waals surface area contributed by atoms with Gasteiger partial charge in [0.2, 0.25) is 0 Å². The van der Waals surface area contributed by atoms with Crippen LogP contribution in [0.2, 0.25) is 5.02 Å². The highest BCUT2D eigenvalue weighted by molar-refractivity contribution is 6.34. The Morgan fingerprint density at radius 1 is 0.971 bits per heavy atom. The van der Waals surface area contributed by atoms with Gasteiger partial charge < -0.3 is 15.4 Å². The number of anilines is 1. The van der Waals surface area contributed by atoms with Gasteiger partial charge in [0.1, 0.15) is 11.4 Å². The average molecular weight is 487 g/mol. The lowest BCUT2D eigenvalue weighted by Crippen LogP contribution is -2.25. The minimum absolute atomic E-state index is 0.200. The van der Waals surface area contributed by atoms with Gasteiger partial charge in [0, 0.05) is 23.5 Å². The normalized spacial score (nSPS) is 12.7. The molecule has 1 aliphatic carbocycles. The topological polar surface area (TPSA) is 85.2 Å². The predicted molar refractivity (Wildman–Crippen MR) is 135 cm³/mol. The second-order valence-corrected chi connectivity index (χ2v) is 8.71. The molecular formula is C27H23ClN4O3. The van der Waals surface area contributed by atoms with E-state index in [4.69, 9.17) is 21.4 Å². The Bertz CT molecular complexity index is 1400. The van der Waals surface area contributed by atoms with Gasteiger partial charge in [-0.1, -0.05) is 41.9 Å². The van der Waals surface area contributed by atoms with E-state index in [2.05, 4.69) is 10.6 Å². The first kappa shape index (κ1) is 22.7. The van der Waals surface area contributed by atoms with Crippen molar-refractivity contribution >= 4 is 29.1 Å². The Hall–Kier alpha value is -4.10. The molecule has 2 amide bonds. The molecule has 0 unspecified atom stereocenters. The molecule has 0 saturated heterocycles. The van der Waals surface area contributed by atoms with Crippen LogP contribution in [-0.4, -0.2) is 34.7 Å². The van der Waals surface area contributed by atoms with E-state index in [9.17, 15) is 9.59 Å². The standard InChI is InChI=1S/C27H23ClN4O3/c1-35-21-9-5-6-17(14-21)25-23(16-32(31-25)20-7-3-2-4-8-20)27(34)30-19-12-13-24(28)22(15-19)26(33)29-18-10-11-18/h2-9,12-16,18H,10-11H2,1H3,(H,29,33)(H,30,34).